The van der Waals surface area contributed by atoms with Crippen LogP contribution in [0.3, 0.4) is 0 Å². The average molecular weight is 349 g/mol. The summed E-state index contributed by atoms with van der Waals surface area (Å²) in [6.07, 6.45) is 2.92. The highest BCUT2D eigenvalue weighted by Gasteiger charge is 2.59. The molecular formula is C19H27NO3S. The van der Waals surface area contributed by atoms with Gasteiger partial charge < -0.3 is 5.32 Å². The van der Waals surface area contributed by atoms with E-state index in [-0.39, 0.29) is 34.3 Å². The Kier molecular flexibility index (Phi) is 4.27. The maximum atomic E-state index is 12.7. The molecule has 0 unspecified atom stereocenters. The second kappa shape index (κ2) is 5.87. The first-order valence-corrected chi connectivity index (χ1v) is 10.5. The molecule has 0 bridgehead atoms. The van der Waals surface area contributed by atoms with E-state index in [0.717, 1.165) is 12.8 Å². The van der Waals surface area contributed by atoms with Gasteiger partial charge in [0.1, 0.15) is 9.84 Å². The molecule has 1 spiro atoms. The van der Waals surface area contributed by atoms with Gasteiger partial charge in [-0.1, -0.05) is 24.3 Å². The van der Waals surface area contributed by atoms with E-state index in [1.54, 1.807) is 0 Å². The molecule has 1 N–H and O–H groups in total. The lowest BCUT2D eigenvalue weighted by Crippen LogP contribution is -2.46. The van der Waals surface area contributed by atoms with Gasteiger partial charge in [0.15, 0.2) is 0 Å². The molecule has 2 aliphatic rings. The molecule has 24 heavy (non-hydrogen) atoms. The third kappa shape index (κ3) is 3.66. The molecule has 5 heteroatoms. The first-order chi connectivity index (χ1) is 11.1. The summed E-state index contributed by atoms with van der Waals surface area (Å²) in [5.41, 5.74) is 2.12. The van der Waals surface area contributed by atoms with E-state index < -0.39 is 9.84 Å². The minimum atomic E-state index is -2.88. The van der Waals surface area contributed by atoms with Gasteiger partial charge in [0.05, 0.1) is 11.5 Å². The van der Waals surface area contributed by atoms with Crippen molar-refractivity contribution in [2.75, 3.05) is 11.5 Å². The van der Waals surface area contributed by atoms with Crippen LogP contribution in [-0.4, -0.2) is 31.4 Å². The highest BCUT2D eigenvalue weighted by Crippen LogP contribution is 2.59. The Morgan fingerprint density at radius 3 is 2.50 bits per heavy atom. The molecule has 4 nitrogen and oxygen atoms in total. The van der Waals surface area contributed by atoms with E-state index in [1.807, 2.05) is 12.1 Å². The zero-order valence-electron chi connectivity index (χ0n) is 14.8. The third-order valence-electron chi connectivity index (χ3n) is 5.68. The summed E-state index contributed by atoms with van der Waals surface area (Å²) in [6.45, 7) is 6.20. The Labute approximate surface area is 145 Å². The van der Waals surface area contributed by atoms with Crippen molar-refractivity contribution in [1.82, 2.24) is 5.32 Å². The van der Waals surface area contributed by atoms with Gasteiger partial charge in [-0.25, -0.2) is 8.42 Å². The SMILES string of the molecule is Cc1ccccc1CC(C)(C)NC(=O)[C@@H]1CC12CCS(=O)(=O)CC2. The van der Waals surface area contributed by atoms with Gasteiger partial charge in [-0.15, -0.1) is 0 Å². The van der Waals surface area contributed by atoms with E-state index >= 15 is 0 Å². The Bertz CT molecular complexity index is 738. The Morgan fingerprint density at radius 2 is 1.88 bits per heavy atom. The first-order valence-electron chi connectivity index (χ1n) is 8.70. The second-order valence-corrected chi connectivity index (χ2v) is 10.6. The van der Waals surface area contributed by atoms with Gasteiger partial charge in [0, 0.05) is 11.5 Å². The molecule has 3 rings (SSSR count). The fraction of sp³-hybridized carbons (Fsp3) is 0.632. The summed E-state index contributed by atoms with van der Waals surface area (Å²) < 4.78 is 23.2. The van der Waals surface area contributed by atoms with Gasteiger partial charge in [0.2, 0.25) is 5.91 Å². The molecule has 1 aliphatic carbocycles. The fourth-order valence-electron chi connectivity index (χ4n) is 3.96. The minimum absolute atomic E-state index is 0.0101. The van der Waals surface area contributed by atoms with Crippen molar-refractivity contribution in [1.29, 1.82) is 0 Å². The molecular weight excluding hydrogens is 322 g/mol. The van der Waals surface area contributed by atoms with Crippen LogP contribution in [0.1, 0.15) is 44.2 Å². The number of rotatable bonds is 4. The Morgan fingerprint density at radius 1 is 1.25 bits per heavy atom. The molecule has 0 radical (unpaired) electrons. The van der Waals surface area contributed by atoms with E-state index in [0.29, 0.717) is 12.8 Å². The van der Waals surface area contributed by atoms with Gasteiger partial charge >= 0.3 is 0 Å². The van der Waals surface area contributed by atoms with Crippen LogP contribution in [0.5, 0.6) is 0 Å². The van der Waals surface area contributed by atoms with Crippen molar-refractivity contribution in [3.05, 3.63) is 35.4 Å². The van der Waals surface area contributed by atoms with Crippen molar-refractivity contribution >= 4 is 15.7 Å². The fourth-order valence-corrected chi connectivity index (χ4v) is 5.60. The van der Waals surface area contributed by atoms with Crippen LogP contribution in [0.4, 0.5) is 0 Å². The van der Waals surface area contributed by atoms with Crippen LogP contribution in [0.2, 0.25) is 0 Å². The van der Waals surface area contributed by atoms with E-state index in [4.69, 9.17) is 0 Å². The number of benzene rings is 1. The second-order valence-electron chi connectivity index (χ2n) is 8.25. The third-order valence-corrected chi connectivity index (χ3v) is 7.34. The Balaban J connectivity index is 1.60. The number of sulfone groups is 1. The number of nitrogens with one attached hydrogen (secondary N) is 1. The minimum Gasteiger partial charge on any atom is -0.351 e. The van der Waals surface area contributed by atoms with Crippen LogP contribution < -0.4 is 5.32 Å². The number of carbonyl (C=O) groups is 1. The molecule has 132 valence electrons. The molecule has 1 aromatic carbocycles. The van der Waals surface area contributed by atoms with Crippen LogP contribution in [0, 0.1) is 18.3 Å². The zero-order chi connectivity index (χ0) is 17.6. The van der Waals surface area contributed by atoms with Crippen LogP contribution in [0.25, 0.3) is 0 Å². The van der Waals surface area contributed by atoms with Crippen LogP contribution in [-0.2, 0) is 21.1 Å². The standard InChI is InChI=1S/C19H27NO3S/c1-14-6-4-5-7-15(14)12-18(2,3)20-17(21)16-13-19(16)8-10-24(22,23)11-9-19/h4-7,16H,8-13H2,1-3H3,(H,20,21)/t16-/m0/s1. The van der Waals surface area contributed by atoms with Gasteiger partial charge in [-0.2, -0.15) is 0 Å². The molecule has 0 aromatic heterocycles. The predicted octanol–water partition coefficient (Wildman–Crippen LogP) is 2.65. The number of hydrogen-bond acceptors (Lipinski definition) is 3. The van der Waals surface area contributed by atoms with E-state index in [9.17, 15) is 13.2 Å². The highest BCUT2D eigenvalue weighted by atomic mass is 32.2. The Hall–Kier alpha value is -1.36. The smallest absolute Gasteiger partial charge is 0.224 e. The summed E-state index contributed by atoms with van der Waals surface area (Å²) in [6, 6.07) is 8.24. The summed E-state index contributed by atoms with van der Waals surface area (Å²) in [4.78, 5) is 12.7. The predicted molar refractivity (Wildman–Crippen MR) is 95.5 cm³/mol. The summed E-state index contributed by atoms with van der Waals surface area (Å²) in [5.74, 6) is 0.560. The van der Waals surface area contributed by atoms with E-state index in [1.165, 1.54) is 11.1 Å². The van der Waals surface area contributed by atoms with Gasteiger partial charge in [-0.05, 0) is 63.0 Å². The lowest BCUT2D eigenvalue weighted by Gasteiger charge is -2.29. The maximum absolute atomic E-state index is 12.7. The van der Waals surface area contributed by atoms with Crippen LogP contribution in [0.15, 0.2) is 24.3 Å². The van der Waals surface area contributed by atoms with Crippen LogP contribution >= 0.6 is 0 Å². The number of aryl methyl sites for hydroxylation is 1. The molecule has 1 saturated carbocycles. The number of carbonyl (C=O) groups excluding carboxylic acids is 1. The lowest BCUT2D eigenvalue weighted by molar-refractivity contribution is -0.124. The summed E-state index contributed by atoms with van der Waals surface area (Å²) in [7, 11) is -2.88. The van der Waals surface area contributed by atoms with Crippen molar-refractivity contribution in [2.24, 2.45) is 11.3 Å². The molecule has 1 saturated heterocycles. The molecule has 1 aromatic rings. The van der Waals surface area contributed by atoms with E-state index in [2.05, 4.69) is 38.2 Å². The largest absolute Gasteiger partial charge is 0.351 e. The molecule has 1 atom stereocenters. The van der Waals surface area contributed by atoms with Crippen molar-refractivity contribution in [3.63, 3.8) is 0 Å². The quantitative estimate of drug-likeness (QED) is 0.909. The van der Waals surface area contributed by atoms with Crippen molar-refractivity contribution in [2.45, 2.75) is 52.0 Å². The zero-order valence-corrected chi connectivity index (χ0v) is 15.6. The highest BCUT2D eigenvalue weighted by molar-refractivity contribution is 7.91. The molecule has 1 amide bonds. The number of hydrogen-bond donors (Lipinski definition) is 1. The normalized spacial score (nSPS) is 24.5. The van der Waals surface area contributed by atoms with Gasteiger partial charge in [-0.3, -0.25) is 4.79 Å². The summed E-state index contributed by atoms with van der Waals surface area (Å²) in [5, 5.41) is 3.20. The maximum Gasteiger partial charge on any atom is 0.224 e. The molecule has 1 heterocycles. The number of amides is 1. The molecule has 1 aliphatic heterocycles. The topological polar surface area (TPSA) is 63.2 Å². The van der Waals surface area contributed by atoms with Crippen molar-refractivity contribution < 1.29 is 13.2 Å². The monoisotopic (exact) mass is 349 g/mol. The first kappa shape index (κ1) is 17.5. The van der Waals surface area contributed by atoms with Crippen molar-refractivity contribution in [3.8, 4) is 0 Å². The summed E-state index contributed by atoms with van der Waals surface area (Å²) >= 11 is 0. The molecule has 2 fully saturated rings. The lowest BCUT2D eigenvalue weighted by atomic mass is 9.91. The average Bonchev–Trinajstić information content (AvgIpc) is 3.19. The van der Waals surface area contributed by atoms with Gasteiger partial charge in [0.25, 0.3) is 0 Å².